The average Bonchev–Trinajstić information content (AvgIpc) is 2.28. The Kier molecular flexibility index (Phi) is 4.72. The maximum atomic E-state index is 12.7. The van der Waals surface area contributed by atoms with Crippen LogP contribution in [0.4, 0.5) is 13.2 Å². The highest BCUT2D eigenvalue weighted by atomic mass is 19.4. The Hall–Kier alpha value is -1.56. The van der Waals surface area contributed by atoms with Gasteiger partial charge in [0.15, 0.2) is 6.10 Å². The second-order valence-electron chi connectivity index (χ2n) is 3.67. The molecule has 1 rings (SSSR count). The minimum atomic E-state index is -4.60. The van der Waals surface area contributed by atoms with Crippen molar-refractivity contribution in [3.63, 3.8) is 0 Å². The van der Waals surface area contributed by atoms with Gasteiger partial charge in [0.05, 0.1) is 5.56 Å². The Labute approximate surface area is 102 Å². The molecule has 0 aliphatic rings. The summed E-state index contributed by atoms with van der Waals surface area (Å²) >= 11 is 0. The van der Waals surface area contributed by atoms with Gasteiger partial charge in [0.1, 0.15) is 0 Å². The van der Waals surface area contributed by atoms with Gasteiger partial charge in [-0.05, 0) is 12.5 Å². The van der Waals surface area contributed by atoms with Crippen molar-refractivity contribution >= 4 is 5.97 Å². The molecule has 0 aliphatic carbocycles. The van der Waals surface area contributed by atoms with E-state index in [1.807, 2.05) is 0 Å². The van der Waals surface area contributed by atoms with Gasteiger partial charge in [-0.3, -0.25) is 0 Å². The molecule has 0 radical (unpaired) electrons. The summed E-state index contributed by atoms with van der Waals surface area (Å²) in [6, 6.07) is 4.54. The molecule has 1 atom stereocenters. The van der Waals surface area contributed by atoms with Gasteiger partial charge in [-0.15, -0.1) is 0 Å². The fraction of sp³-hybridized carbons (Fsp3) is 0.417. The molecular weight excluding hydrogens is 249 g/mol. The predicted octanol–water partition coefficient (Wildman–Crippen LogP) is 3.26. The van der Waals surface area contributed by atoms with E-state index in [-0.39, 0.29) is 12.2 Å². The minimum Gasteiger partial charge on any atom is -0.479 e. The lowest BCUT2D eigenvalue weighted by atomic mass is 10.0. The number of benzene rings is 1. The van der Waals surface area contributed by atoms with Gasteiger partial charge >= 0.3 is 12.1 Å². The van der Waals surface area contributed by atoms with Crippen molar-refractivity contribution < 1.29 is 27.8 Å². The number of carboxylic acid groups (broad SMARTS) is 1. The van der Waals surface area contributed by atoms with Crippen molar-refractivity contribution in [3.8, 4) is 0 Å². The third-order valence-corrected chi connectivity index (χ3v) is 2.26. The van der Waals surface area contributed by atoms with Gasteiger partial charge in [-0.2, -0.15) is 13.2 Å². The highest BCUT2D eigenvalue weighted by Crippen LogP contribution is 2.35. The Morgan fingerprint density at radius 1 is 1.39 bits per heavy atom. The summed E-state index contributed by atoms with van der Waals surface area (Å²) in [5.74, 6) is -1.43. The number of rotatable bonds is 5. The summed E-state index contributed by atoms with van der Waals surface area (Å²) in [6.45, 7) is 1.83. The van der Waals surface area contributed by atoms with Gasteiger partial charge in [0.25, 0.3) is 0 Å². The van der Waals surface area contributed by atoms with Crippen LogP contribution in [-0.2, 0) is 15.7 Å². The molecule has 1 aromatic carbocycles. The first-order valence-electron chi connectivity index (χ1n) is 5.38. The molecule has 100 valence electrons. The van der Waals surface area contributed by atoms with E-state index in [4.69, 9.17) is 9.84 Å². The van der Waals surface area contributed by atoms with Crippen molar-refractivity contribution in [3.05, 3.63) is 35.4 Å². The van der Waals surface area contributed by atoms with Crippen LogP contribution >= 0.6 is 0 Å². The maximum absolute atomic E-state index is 12.7. The van der Waals surface area contributed by atoms with Crippen LogP contribution in [0.5, 0.6) is 0 Å². The standard InChI is InChI=1S/C12H13F3O3/c1-2-7-18-10(11(16)17)8-5-3-4-6-9(8)12(13,14)15/h3-6,10H,2,7H2,1H3,(H,16,17). The van der Waals surface area contributed by atoms with E-state index in [1.165, 1.54) is 12.1 Å². The van der Waals surface area contributed by atoms with Crippen LogP contribution in [-0.4, -0.2) is 17.7 Å². The van der Waals surface area contributed by atoms with Crippen LogP contribution < -0.4 is 0 Å². The topological polar surface area (TPSA) is 46.5 Å². The Morgan fingerprint density at radius 2 is 2.00 bits per heavy atom. The molecule has 0 aromatic heterocycles. The second-order valence-corrected chi connectivity index (χ2v) is 3.67. The fourth-order valence-corrected chi connectivity index (χ4v) is 1.51. The smallest absolute Gasteiger partial charge is 0.416 e. The molecule has 0 spiro atoms. The zero-order valence-corrected chi connectivity index (χ0v) is 9.70. The van der Waals surface area contributed by atoms with E-state index in [9.17, 15) is 18.0 Å². The number of halogens is 3. The summed E-state index contributed by atoms with van der Waals surface area (Å²) < 4.78 is 43.2. The lowest BCUT2D eigenvalue weighted by molar-refractivity contribution is -0.153. The number of aliphatic carboxylic acids is 1. The van der Waals surface area contributed by atoms with E-state index >= 15 is 0 Å². The number of carboxylic acids is 1. The summed E-state index contributed by atoms with van der Waals surface area (Å²) in [4.78, 5) is 11.0. The van der Waals surface area contributed by atoms with Crippen molar-refractivity contribution in [1.82, 2.24) is 0 Å². The summed E-state index contributed by atoms with van der Waals surface area (Å²) in [5, 5.41) is 8.95. The first-order valence-corrected chi connectivity index (χ1v) is 5.38. The molecule has 0 heterocycles. The minimum absolute atomic E-state index is 0.0865. The first kappa shape index (κ1) is 14.5. The molecule has 1 unspecified atom stereocenters. The summed E-state index contributed by atoms with van der Waals surface area (Å²) in [6.07, 6.45) is -5.67. The Bertz CT molecular complexity index is 415. The molecule has 0 amide bonds. The van der Waals surface area contributed by atoms with E-state index in [1.54, 1.807) is 6.92 Å². The number of alkyl halides is 3. The van der Waals surface area contributed by atoms with Gasteiger partial charge < -0.3 is 9.84 Å². The van der Waals surface area contributed by atoms with E-state index in [0.29, 0.717) is 6.42 Å². The zero-order valence-electron chi connectivity index (χ0n) is 9.70. The molecule has 18 heavy (non-hydrogen) atoms. The molecule has 0 saturated heterocycles. The lowest BCUT2D eigenvalue weighted by Crippen LogP contribution is -2.20. The van der Waals surface area contributed by atoms with Crippen molar-refractivity contribution in [2.75, 3.05) is 6.61 Å². The molecule has 3 nitrogen and oxygen atoms in total. The lowest BCUT2D eigenvalue weighted by Gasteiger charge is -2.18. The third-order valence-electron chi connectivity index (χ3n) is 2.26. The van der Waals surface area contributed by atoms with Gasteiger partial charge in [0.2, 0.25) is 0 Å². The first-order chi connectivity index (χ1) is 8.38. The molecule has 0 saturated carbocycles. The number of ether oxygens (including phenoxy) is 1. The summed E-state index contributed by atoms with van der Waals surface area (Å²) in [7, 11) is 0. The molecule has 0 bridgehead atoms. The van der Waals surface area contributed by atoms with Crippen LogP contribution in [0.25, 0.3) is 0 Å². The van der Waals surface area contributed by atoms with Gasteiger partial charge in [-0.1, -0.05) is 25.1 Å². The quantitative estimate of drug-likeness (QED) is 0.885. The largest absolute Gasteiger partial charge is 0.479 e. The molecule has 6 heteroatoms. The van der Waals surface area contributed by atoms with Crippen molar-refractivity contribution in [2.24, 2.45) is 0 Å². The fourth-order valence-electron chi connectivity index (χ4n) is 1.51. The van der Waals surface area contributed by atoms with E-state index in [2.05, 4.69) is 0 Å². The molecular formula is C12H13F3O3. The molecule has 0 aliphatic heterocycles. The zero-order chi connectivity index (χ0) is 13.8. The van der Waals surface area contributed by atoms with E-state index in [0.717, 1.165) is 12.1 Å². The van der Waals surface area contributed by atoms with Gasteiger partial charge in [-0.25, -0.2) is 4.79 Å². The van der Waals surface area contributed by atoms with Crippen LogP contribution in [0.1, 0.15) is 30.6 Å². The Morgan fingerprint density at radius 3 is 2.50 bits per heavy atom. The van der Waals surface area contributed by atoms with Crippen LogP contribution in [0.3, 0.4) is 0 Å². The number of hydrogen-bond donors (Lipinski definition) is 1. The van der Waals surface area contributed by atoms with Gasteiger partial charge in [0, 0.05) is 12.2 Å². The second kappa shape index (κ2) is 5.86. The predicted molar refractivity (Wildman–Crippen MR) is 58.1 cm³/mol. The average molecular weight is 262 g/mol. The maximum Gasteiger partial charge on any atom is 0.416 e. The molecule has 1 N–H and O–H groups in total. The Balaban J connectivity index is 3.16. The third kappa shape index (κ3) is 3.46. The molecule has 0 fully saturated rings. The SMILES string of the molecule is CCCOC(C(=O)O)c1ccccc1C(F)(F)F. The van der Waals surface area contributed by atoms with Crippen LogP contribution in [0, 0.1) is 0 Å². The highest BCUT2D eigenvalue weighted by Gasteiger charge is 2.37. The number of carbonyl (C=O) groups is 1. The number of hydrogen-bond acceptors (Lipinski definition) is 2. The van der Waals surface area contributed by atoms with E-state index < -0.39 is 23.8 Å². The molecule has 1 aromatic rings. The van der Waals surface area contributed by atoms with Crippen molar-refractivity contribution in [1.29, 1.82) is 0 Å². The monoisotopic (exact) mass is 262 g/mol. The van der Waals surface area contributed by atoms with Crippen molar-refractivity contribution in [2.45, 2.75) is 25.6 Å². The summed E-state index contributed by atoms with van der Waals surface area (Å²) in [5.41, 5.74) is -1.35. The highest BCUT2D eigenvalue weighted by molar-refractivity contribution is 5.75. The van der Waals surface area contributed by atoms with Crippen LogP contribution in [0.15, 0.2) is 24.3 Å². The normalized spacial score (nSPS) is 13.3. The van der Waals surface area contributed by atoms with Crippen LogP contribution in [0.2, 0.25) is 0 Å².